The van der Waals surface area contributed by atoms with Crippen molar-refractivity contribution in [2.75, 3.05) is 19.7 Å². The molecule has 1 aromatic heterocycles. The Hall–Kier alpha value is -2.63. The molecule has 0 N–H and O–H groups in total. The van der Waals surface area contributed by atoms with Crippen LogP contribution >= 0.6 is 0 Å². The van der Waals surface area contributed by atoms with Gasteiger partial charge in [0.25, 0.3) is 5.91 Å². The van der Waals surface area contributed by atoms with E-state index in [1.54, 1.807) is 18.7 Å². The number of oxazole rings is 1. The van der Waals surface area contributed by atoms with Crippen LogP contribution in [0.1, 0.15) is 36.0 Å². The predicted molar refractivity (Wildman–Crippen MR) is 91.9 cm³/mol. The molecule has 0 unspecified atom stereocenters. The van der Waals surface area contributed by atoms with Gasteiger partial charge in [-0.25, -0.2) is 4.98 Å². The maximum Gasteiger partial charge on any atom is 0.310 e. The molecule has 0 saturated carbocycles. The SMILES string of the molecule is CCOC(=O)[C@H]1CCCN(C(=O)c2nc(-c3ccccc3)oc2C)C1. The number of hydrogen-bond acceptors (Lipinski definition) is 5. The molecule has 1 aromatic carbocycles. The van der Waals surface area contributed by atoms with Crippen LogP contribution in [0, 0.1) is 12.8 Å². The van der Waals surface area contributed by atoms with Crippen LogP contribution in [0.5, 0.6) is 0 Å². The van der Waals surface area contributed by atoms with Crippen molar-refractivity contribution in [3.05, 3.63) is 41.8 Å². The number of aryl methyl sites for hydroxylation is 1. The second-order valence-electron chi connectivity index (χ2n) is 6.13. The third-order valence-electron chi connectivity index (χ3n) is 4.35. The number of esters is 1. The molecule has 132 valence electrons. The summed E-state index contributed by atoms with van der Waals surface area (Å²) in [4.78, 5) is 30.9. The van der Waals surface area contributed by atoms with Gasteiger partial charge in [-0.1, -0.05) is 18.2 Å². The van der Waals surface area contributed by atoms with Gasteiger partial charge in [0.15, 0.2) is 5.69 Å². The molecule has 1 aliphatic rings. The molecule has 6 nitrogen and oxygen atoms in total. The Morgan fingerprint density at radius 3 is 2.80 bits per heavy atom. The van der Waals surface area contributed by atoms with Crippen molar-refractivity contribution < 1.29 is 18.7 Å². The van der Waals surface area contributed by atoms with Crippen LogP contribution in [-0.2, 0) is 9.53 Å². The Morgan fingerprint density at radius 1 is 1.32 bits per heavy atom. The van der Waals surface area contributed by atoms with Gasteiger partial charge in [0.1, 0.15) is 5.76 Å². The summed E-state index contributed by atoms with van der Waals surface area (Å²) in [5, 5.41) is 0. The minimum atomic E-state index is -0.265. The number of ether oxygens (including phenoxy) is 1. The lowest BCUT2D eigenvalue weighted by molar-refractivity contribution is -0.149. The first-order valence-electron chi connectivity index (χ1n) is 8.59. The number of benzene rings is 1. The highest BCUT2D eigenvalue weighted by molar-refractivity contribution is 5.94. The Balaban J connectivity index is 1.77. The quantitative estimate of drug-likeness (QED) is 0.799. The van der Waals surface area contributed by atoms with E-state index in [2.05, 4.69) is 4.98 Å². The Bertz CT molecular complexity index is 754. The highest BCUT2D eigenvalue weighted by Gasteiger charge is 2.32. The van der Waals surface area contributed by atoms with Gasteiger partial charge in [0, 0.05) is 18.7 Å². The Kier molecular flexibility index (Phi) is 5.16. The fraction of sp³-hybridized carbons (Fsp3) is 0.421. The average molecular weight is 342 g/mol. The Labute approximate surface area is 146 Å². The second kappa shape index (κ2) is 7.51. The Morgan fingerprint density at radius 2 is 2.08 bits per heavy atom. The number of nitrogens with zero attached hydrogens (tertiary/aromatic N) is 2. The first kappa shape index (κ1) is 17.2. The van der Waals surface area contributed by atoms with Gasteiger partial charge in [-0.3, -0.25) is 9.59 Å². The van der Waals surface area contributed by atoms with Crippen LogP contribution in [0.25, 0.3) is 11.5 Å². The minimum absolute atomic E-state index is 0.197. The lowest BCUT2D eigenvalue weighted by atomic mass is 9.98. The van der Waals surface area contributed by atoms with E-state index in [0.717, 1.165) is 18.4 Å². The van der Waals surface area contributed by atoms with Crippen LogP contribution in [0.4, 0.5) is 0 Å². The van der Waals surface area contributed by atoms with Gasteiger partial charge < -0.3 is 14.1 Å². The highest BCUT2D eigenvalue weighted by Crippen LogP contribution is 2.24. The molecule has 6 heteroatoms. The molecule has 0 aliphatic carbocycles. The maximum absolute atomic E-state index is 12.8. The molecule has 1 saturated heterocycles. The molecule has 25 heavy (non-hydrogen) atoms. The average Bonchev–Trinajstić information content (AvgIpc) is 3.04. The van der Waals surface area contributed by atoms with Gasteiger partial charge in [0.05, 0.1) is 12.5 Å². The van der Waals surface area contributed by atoms with Crippen molar-refractivity contribution in [1.29, 1.82) is 0 Å². The van der Waals surface area contributed by atoms with Crippen LogP contribution in [-0.4, -0.2) is 41.5 Å². The van der Waals surface area contributed by atoms with Gasteiger partial charge >= 0.3 is 5.97 Å². The molecule has 1 fully saturated rings. The summed E-state index contributed by atoms with van der Waals surface area (Å²) in [7, 11) is 0. The fourth-order valence-corrected chi connectivity index (χ4v) is 3.06. The zero-order chi connectivity index (χ0) is 17.8. The number of aromatic nitrogens is 1. The third kappa shape index (κ3) is 3.73. The monoisotopic (exact) mass is 342 g/mol. The van der Waals surface area contributed by atoms with Gasteiger partial charge in [-0.2, -0.15) is 0 Å². The second-order valence-corrected chi connectivity index (χ2v) is 6.13. The fourth-order valence-electron chi connectivity index (χ4n) is 3.06. The summed E-state index contributed by atoms with van der Waals surface area (Å²) in [5.41, 5.74) is 1.14. The van der Waals surface area contributed by atoms with E-state index in [9.17, 15) is 9.59 Å². The molecule has 1 amide bonds. The van der Waals surface area contributed by atoms with Crippen molar-refractivity contribution in [2.45, 2.75) is 26.7 Å². The molecule has 0 spiro atoms. The zero-order valence-corrected chi connectivity index (χ0v) is 14.5. The van der Waals surface area contributed by atoms with Gasteiger partial charge in [0.2, 0.25) is 5.89 Å². The van der Waals surface area contributed by atoms with Crippen LogP contribution < -0.4 is 0 Å². The van der Waals surface area contributed by atoms with Gasteiger partial charge in [-0.15, -0.1) is 0 Å². The molecule has 1 atom stereocenters. The molecule has 0 radical (unpaired) electrons. The van der Waals surface area contributed by atoms with Crippen molar-refractivity contribution >= 4 is 11.9 Å². The zero-order valence-electron chi connectivity index (χ0n) is 14.5. The number of rotatable bonds is 4. The van der Waals surface area contributed by atoms with Crippen molar-refractivity contribution in [2.24, 2.45) is 5.92 Å². The largest absolute Gasteiger partial charge is 0.466 e. The van der Waals surface area contributed by atoms with Crippen LogP contribution in [0.3, 0.4) is 0 Å². The summed E-state index contributed by atoms with van der Waals surface area (Å²) >= 11 is 0. The lowest BCUT2D eigenvalue weighted by Gasteiger charge is -2.31. The van der Waals surface area contributed by atoms with Crippen LogP contribution in [0.15, 0.2) is 34.7 Å². The number of hydrogen-bond donors (Lipinski definition) is 0. The third-order valence-corrected chi connectivity index (χ3v) is 4.35. The molecule has 3 rings (SSSR count). The van der Waals surface area contributed by atoms with Gasteiger partial charge in [-0.05, 0) is 38.8 Å². The van der Waals surface area contributed by atoms with E-state index in [1.165, 1.54) is 0 Å². The van der Waals surface area contributed by atoms with Crippen molar-refractivity contribution in [3.8, 4) is 11.5 Å². The number of likely N-dealkylation sites (tertiary alicyclic amines) is 1. The number of carbonyl (C=O) groups is 2. The maximum atomic E-state index is 12.8. The van der Waals surface area contributed by atoms with Crippen LogP contribution in [0.2, 0.25) is 0 Å². The van der Waals surface area contributed by atoms with Crippen molar-refractivity contribution in [1.82, 2.24) is 9.88 Å². The number of carbonyl (C=O) groups excluding carboxylic acids is 2. The molecule has 0 bridgehead atoms. The van der Waals surface area contributed by atoms with E-state index in [4.69, 9.17) is 9.15 Å². The van der Waals surface area contributed by atoms with E-state index in [-0.39, 0.29) is 17.8 Å². The summed E-state index contributed by atoms with van der Waals surface area (Å²) in [6, 6.07) is 9.47. The molecular formula is C19H22N2O4. The van der Waals surface area contributed by atoms with E-state index in [0.29, 0.717) is 37.0 Å². The van der Waals surface area contributed by atoms with Crippen molar-refractivity contribution in [3.63, 3.8) is 0 Å². The number of piperidine rings is 1. The minimum Gasteiger partial charge on any atom is -0.466 e. The summed E-state index contributed by atoms with van der Waals surface area (Å²) in [6.45, 7) is 4.85. The molecule has 2 heterocycles. The summed E-state index contributed by atoms with van der Waals surface area (Å²) < 4.78 is 10.8. The normalized spacial score (nSPS) is 17.4. The molecular weight excluding hydrogens is 320 g/mol. The first-order chi connectivity index (χ1) is 12.1. The predicted octanol–water partition coefficient (Wildman–Crippen LogP) is 3.07. The molecule has 1 aliphatic heterocycles. The smallest absolute Gasteiger partial charge is 0.310 e. The summed E-state index contributed by atoms with van der Waals surface area (Å²) in [6.07, 6.45) is 1.52. The molecule has 2 aromatic rings. The topological polar surface area (TPSA) is 72.6 Å². The first-order valence-corrected chi connectivity index (χ1v) is 8.59. The standard InChI is InChI=1S/C19H22N2O4/c1-3-24-19(23)15-10-7-11-21(12-15)18(22)16-13(2)25-17(20-16)14-8-5-4-6-9-14/h4-6,8-9,15H,3,7,10-12H2,1-2H3/t15-/m0/s1. The lowest BCUT2D eigenvalue weighted by Crippen LogP contribution is -2.43. The van der Waals surface area contributed by atoms with E-state index >= 15 is 0 Å². The highest BCUT2D eigenvalue weighted by atomic mass is 16.5. The van der Waals surface area contributed by atoms with E-state index in [1.807, 2.05) is 30.3 Å². The van der Waals surface area contributed by atoms with E-state index < -0.39 is 0 Å². The summed E-state index contributed by atoms with van der Waals surface area (Å²) in [5.74, 6) is 0.222. The number of amides is 1.